The summed E-state index contributed by atoms with van der Waals surface area (Å²) in [5, 5.41) is 1.99. The zero-order chi connectivity index (χ0) is 20.2. The Kier molecular flexibility index (Phi) is 5.67. The summed E-state index contributed by atoms with van der Waals surface area (Å²) in [6.45, 7) is 4.81. The van der Waals surface area contributed by atoms with Gasteiger partial charge in [-0.05, 0) is 49.7 Å². The normalized spacial score (nSPS) is 11.8. The lowest BCUT2D eigenvalue weighted by Gasteiger charge is -2.10. The molecule has 0 radical (unpaired) electrons. The molecule has 0 atom stereocenters. The van der Waals surface area contributed by atoms with Crippen molar-refractivity contribution in [1.29, 1.82) is 0 Å². The zero-order valence-corrected chi connectivity index (χ0v) is 17.3. The van der Waals surface area contributed by atoms with Gasteiger partial charge in [-0.1, -0.05) is 35.9 Å². The maximum Gasteiger partial charge on any atom is 0.190 e. The second-order valence-electron chi connectivity index (χ2n) is 7.01. The Morgan fingerprint density at radius 1 is 1.03 bits per heavy atom. The van der Waals surface area contributed by atoms with E-state index in [0.29, 0.717) is 12.1 Å². The highest BCUT2D eigenvalue weighted by atomic mass is 32.1. The van der Waals surface area contributed by atoms with E-state index in [1.807, 2.05) is 41.8 Å². The molecule has 2 aromatic heterocycles. The van der Waals surface area contributed by atoms with E-state index >= 15 is 0 Å². The first-order chi connectivity index (χ1) is 14.1. The molecule has 0 aliphatic rings. The van der Waals surface area contributed by atoms with Crippen molar-refractivity contribution in [3.05, 3.63) is 99.7 Å². The number of aromatic nitrogens is 2. The van der Waals surface area contributed by atoms with Crippen LogP contribution in [0.4, 0.5) is 10.1 Å². The first kappa shape index (κ1) is 19.3. The van der Waals surface area contributed by atoms with Gasteiger partial charge in [0.05, 0.1) is 11.4 Å². The van der Waals surface area contributed by atoms with Crippen LogP contribution >= 0.6 is 11.3 Å². The molecule has 5 heteroatoms. The molecule has 2 heterocycles. The molecule has 0 amide bonds. The van der Waals surface area contributed by atoms with Crippen LogP contribution in [-0.4, -0.2) is 9.55 Å². The summed E-state index contributed by atoms with van der Waals surface area (Å²) < 4.78 is 16.6. The maximum atomic E-state index is 14.5. The van der Waals surface area contributed by atoms with Gasteiger partial charge in [-0.3, -0.25) is 4.98 Å². The quantitative estimate of drug-likeness (QED) is 0.411. The lowest BCUT2D eigenvalue weighted by atomic mass is 10.1. The molecule has 0 saturated carbocycles. The molecule has 0 spiro atoms. The van der Waals surface area contributed by atoms with Crippen molar-refractivity contribution < 1.29 is 4.39 Å². The third-order valence-corrected chi connectivity index (χ3v) is 5.70. The highest BCUT2D eigenvalue weighted by molar-refractivity contribution is 7.07. The predicted molar refractivity (Wildman–Crippen MR) is 117 cm³/mol. The molecular formula is C24H22FN3S. The van der Waals surface area contributed by atoms with E-state index in [1.54, 1.807) is 12.3 Å². The molecule has 146 valence electrons. The first-order valence-electron chi connectivity index (χ1n) is 9.57. The topological polar surface area (TPSA) is 30.2 Å². The van der Waals surface area contributed by atoms with Crippen molar-refractivity contribution in [3.8, 4) is 11.3 Å². The third kappa shape index (κ3) is 4.35. The fraction of sp³-hybridized carbons (Fsp3) is 0.167. The van der Waals surface area contributed by atoms with Crippen LogP contribution in [0, 0.1) is 19.7 Å². The number of benzene rings is 2. The molecule has 0 aliphatic carbocycles. The van der Waals surface area contributed by atoms with Gasteiger partial charge in [-0.25, -0.2) is 9.38 Å². The van der Waals surface area contributed by atoms with Crippen molar-refractivity contribution in [2.75, 3.05) is 0 Å². The number of aryl methyl sites for hydroxylation is 3. The summed E-state index contributed by atoms with van der Waals surface area (Å²) in [6, 6.07) is 19.0. The van der Waals surface area contributed by atoms with Gasteiger partial charge in [0.2, 0.25) is 0 Å². The number of hydrogen-bond acceptors (Lipinski definition) is 3. The molecule has 3 nitrogen and oxygen atoms in total. The summed E-state index contributed by atoms with van der Waals surface area (Å²) in [6.07, 6.45) is 2.55. The average molecular weight is 404 g/mol. The first-order valence-corrected chi connectivity index (χ1v) is 10.4. The number of thiazole rings is 1. The van der Waals surface area contributed by atoms with Gasteiger partial charge in [-0.2, -0.15) is 0 Å². The lowest BCUT2D eigenvalue weighted by molar-refractivity contribution is 0.623. The molecule has 4 aromatic rings. The number of nitrogens with zero attached hydrogens (tertiary/aromatic N) is 3. The molecule has 2 aromatic carbocycles. The number of hydrogen-bond donors (Lipinski definition) is 0. The van der Waals surface area contributed by atoms with Crippen molar-refractivity contribution >= 4 is 17.0 Å². The van der Waals surface area contributed by atoms with Crippen LogP contribution in [0.25, 0.3) is 11.3 Å². The van der Waals surface area contributed by atoms with Gasteiger partial charge in [0.1, 0.15) is 5.82 Å². The fourth-order valence-electron chi connectivity index (χ4n) is 3.33. The lowest BCUT2D eigenvalue weighted by Crippen LogP contribution is -2.18. The Morgan fingerprint density at radius 3 is 2.62 bits per heavy atom. The fourth-order valence-corrected chi connectivity index (χ4v) is 4.26. The number of pyridine rings is 1. The molecule has 0 unspecified atom stereocenters. The second kappa shape index (κ2) is 8.53. The second-order valence-corrected chi connectivity index (χ2v) is 7.84. The smallest absolute Gasteiger partial charge is 0.190 e. The molecule has 0 fully saturated rings. The van der Waals surface area contributed by atoms with Crippen LogP contribution < -0.4 is 4.80 Å². The van der Waals surface area contributed by atoms with E-state index in [4.69, 9.17) is 4.99 Å². The van der Waals surface area contributed by atoms with Gasteiger partial charge in [0.25, 0.3) is 0 Å². The van der Waals surface area contributed by atoms with Crippen molar-refractivity contribution in [2.45, 2.75) is 26.8 Å². The van der Waals surface area contributed by atoms with Gasteiger partial charge in [-0.15, -0.1) is 11.3 Å². The van der Waals surface area contributed by atoms with Crippen LogP contribution in [0.3, 0.4) is 0 Å². The Bertz CT molecular complexity index is 1190. The van der Waals surface area contributed by atoms with Crippen molar-refractivity contribution in [1.82, 2.24) is 9.55 Å². The van der Waals surface area contributed by atoms with Gasteiger partial charge >= 0.3 is 0 Å². The van der Waals surface area contributed by atoms with E-state index in [1.165, 1.54) is 23.0 Å². The molecular weight excluding hydrogens is 381 g/mol. The summed E-state index contributed by atoms with van der Waals surface area (Å²) in [7, 11) is 0. The predicted octanol–water partition coefficient (Wildman–Crippen LogP) is 5.84. The summed E-state index contributed by atoms with van der Waals surface area (Å²) in [4.78, 5) is 10.2. The highest BCUT2D eigenvalue weighted by Crippen LogP contribution is 2.25. The third-order valence-electron chi connectivity index (χ3n) is 4.83. The average Bonchev–Trinajstić information content (AvgIpc) is 3.12. The Hall–Kier alpha value is -3.05. The highest BCUT2D eigenvalue weighted by Gasteiger charge is 2.12. The van der Waals surface area contributed by atoms with Crippen LogP contribution in [0.2, 0.25) is 0 Å². The molecule has 4 rings (SSSR count). The molecule has 0 saturated heterocycles. The Labute approximate surface area is 173 Å². The van der Waals surface area contributed by atoms with E-state index in [0.717, 1.165) is 33.9 Å². The number of halogens is 1. The van der Waals surface area contributed by atoms with Crippen LogP contribution in [-0.2, 0) is 13.0 Å². The zero-order valence-electron chi connectivity index (χ0n) is 16.5. The Morgan fingerprint density at radius 2 is 1.86 bits per heavy atom. The molecule has 0 N–H and O–H groups in total. The van der Waals surface area contributed by atoms with E-state index < -0.39 is 0 Å². The molecule has 0 aliphatic heterocycles. The van der Waals surface area contributed by atoms with E-state index in [2.05, 4.69) is 35.5 Å². The van der Waals surface area contributed by atoms with Crippen LogP contribution in [0.5, 0.6) is 0 Å². The molecule has 29 heavy (non-hydrogen) atoms. The van der Waals surface area contributed by atoms with Gasteiger partial charge in [0.15, 0.2) is 4.80 Å². The minimum atomic E-state index is -0.227. The van der Waals surface area contributed by atoms with Crippen molar-refractivity contribution in [2.24, 2.45) is 4.99 Å². The minimum Gasteiger partial charge on any atom is -0.316 e. The van der Waals surface area contributed by atoms with E-state index in [-0.39, 0.29) is 5.82 Å². The summed E-state index contributed by atoms with van der Waals surface area (Å²) >= 11 is 1.53. The van der Waals surface area contributed by atoms with Gasteiger partial charge in [0, 0.05) is 35.8 Å². The van der Waals surface area contributed by atoms with Crippen LogP contribution in [0.15, 0.2) is 77.2 Å². The van der Waals surface area contributed by atoms with E-state index in [9.17, 15) is 4.39 Å². The Balaban J connectivity index is 1.80. The summed E-state index contributed by atoms with van der Waals surface area (Å²) in [5.41, 5.74) is 5.71. The number of rotatable bonds is 5. The monoisotopic (exact) mass is 403 g/mol. The largest absolute Gasteiger partial charge is 0.316 e. The minimum absolute atomic E-state index is 0.227. The maximum absolute atomic E-state index is 14.5. The molecule has 0 bridgehead atoms. The summed E-state index contributed by atoms with van der Waals surface area (Å²) in [5.74, 6) is -0.227. The van der Waals surface area contributed by atoms with Crippen LogP contribution in [0.1, 0.15) is 16.8 Å². The SMILES string of the molecule is Cc1ccc(N=c2scc(-c3ccccc3F)n2CCc2ccccn2)c(C)c1. The standard InChI is InChI=1S/C24H22FN3S/c1-17-10-11-22(18(2)15-17)27-24-28(14-12-19-7-5-6-13-26-19)23(16-29-24)20-8-3-4-9-21(20)25/h3-11,13,15-16H,12,14H2,1-2H3. The van der Waals surface area contributed by atoms with Gasteiger partial charge < -0.3 is 4.57 Å². The van der Waals surface area contributed by atoms with Crippen molar-refractivity contribution in [3.63, 3.8) is 0 Å².